The molecule has 0 fully saturated rings. The maximum atomic E-state index is 10.1. The number of rotatable bonds is 6. The molecule has 0 aromatic heterocycles. The van der Waals surface area contributed by atoms with Crippen molar-refractivity contribution in [2.75, 3.05) is 13.7 Å². The fourth-order valence-corrected chi connectivity index (χ4v) is 1.65. The van der Waals surface area contributed by atoms with Crippen LogP contribution in [0.4, 0.5) is 0 Å². The smallest absolute Gasteiger partial charge is 0.119 e. The molecule has 1 aromatic carbocycles. The molecule has 0 spiro atoms. The molecule has 0 aliphatic rings. The summed E-state index contributed by atoms with van der Waals surface area (Å²) in [4.78, 5) is 0. The van der Waals surface area contributed by atoms with E-state index in [-0.39, 0.29) is 5.60 Å². The van der Waals surface area contributed by atoms with E-state index < -0.39 is 6.10 Å². The Balaban J connectivity index is 2.74. The summed E-state index contributed by atoms with van der Waals surface area (Å²) in [6.07, 6.45) is 0.0179. The van der Waals surface area contributed by atoms with Gasteiger partial charge in [-0.3, -0.25) is 0 Å². The zero-order chi connectivity index (χ0) is 12.9. The molecular formula is C14H22O3. The number of benzene rings is 1. The lowest BCUT2D eigenvalue weighted by Crippen LogP contribution is -2.25. The molecule has 0 aliphatic carbocycles. The highest BCUT2D eigenvalue weighted by molar-refractivity contribution is 5.30. The summed E-state index contributed by atoms with van der Waals surface area (Å²) >= 11 is 0. The number of aliphatic hydroxyl groups is 1. The number of hydrogen-bond donors (Lipinski definition) is 1. The highest BCUT2D eigenvalue weighted by atomic mass is 16.5. The summed E-state index contributed by atoms with van der Waals surface area (Å²) in [7, 11) is 1.66. The molecule has 1 atom stereocenters. The Morgan fingerprint density at radius 1 is 1.35 bits per heavy atom. The molecule has 1 N–H and O–H groups in total. The second-order valence-electron chi connectivity index (χ2n) is 4.69. The first kappa shape index (κ1) is 14.0. The molecule has 1 unspecified atom stereocenters. The van der Waals surface area contributed by atoms with E-state index in [4.69, 9.17) is 9.47 Å². The highest BCUT2D eigenvalue weighted by Gasteiger charge is 2.22. The SMILES string of the molecule is CCOc1cccc(C(O)CC(C)(C)OC)c1. The predicted molar refractivity (Wildman–Crippen MR) is 68.3 cm³/mol. The van der Waals surface area contributed by atoms with Crippen LogP contribution in [-0.2, 0) is 4.74 Å². The lowest BCUT2D eigenvalue weighted by Gasteiger charge is -2.26. The molecule has 3 heteroatoms. The van der Waals surface area contributed by atoms with E-state index in [1.165, 1.54) is 0 Å². The van der Waals surface area contributed by atoms with Crippen LogP contribution in [0.2, 0.25) is 0 Å². The minimum absolute atomic E-state index is 0.332. The molecule has 0 heterocycles. The first-order chi connectivity index (χ1) is 7.98. The van der Waals surface area contributed by atoms with Gasteiger partial charge in [-0.15, -0.1) is 0 Å². The summed E-state index contributed by atoms with van der Waals surface area (Å²) in [5.41, 5.74) is 0.530. The van der Waals surface area contributed by atoms with Gasteiger partial charge in [0.25, 0.3) is 0 Å². The quantitative estimate of drug-likeness (QED) is 0.828. The Hall–Kier alpha value is -1.06. The van der Waals surface area contributed by atoms with E-state index in [0.29, 0.717) is 13.0 Å². The van der Waals surface area contributed by atoms with E-state index in [1.54, 1.807) is 7.11 Å². The molecule has 0 bridgehead atoms. The summed E-state index contributed by atoms with van der Waals surface area (Å²) in [5, 5.41) is 10.1. The Morgan fingerprint density at radius 2 is 2.06 bits per heavy atom. The first-order valence-corrected chi connectivity index (χ1v) is 5.94. The van der Waals surface area contributed by atoms with Crippen molar-refractivity contribution < 1.29 is 14.6 Å². The van der Waals surface area contributed by atoms with Gasteiger partial charge >= 0.3 is 0 Å². The zero-order valence-corrected chi connectivity index (χ0v) is 11.1. The van der Waals surface area contributed by atoms with Crippen molar-refractivity contribution >= 4 is 0 Å². The van der Waals surface area contributed by atoms with E-state index in [0.717, 1.165) is 11.3 Å². The molecule has 0 radical (unpaired) electrons. The minimum Gasteiger partial charge on any atom is -0.494 e. The van der Waals surface area contributed by atoms with Gasteiger partial charge in [-0.1, -0.05) is 12.1 Å². The third-order valence-corrected chi connectivity index (χ3v) is 2.79. The maximum Gasteiger partial charge on any atom is 0.119 e. The molecule has 96 valence electrons. The Labute approximate surface area is 103 Å². The van der Waals surface area contributed by atoms with Gasteiger partial charge in [-0.05, 0) is 38.5 Å². The fraction of sp³-hybridized carbons (Fsp3) is 0.571. The van der Waals surface area contributed by atoms with Crippen LogP contribution in [0.25, 0.3) is 0 Å². The van der Waals surface area contributed by atoms with E-state index in [2.05, 4.69) is 0 Å². The van der Waals surface area contributed by atoms with Crippen molar-refractivity contribution in [3.8, 4) is 5.75 Å². The second-order valence-corrected chi connectivity index (χ2v) is 4.69. The van der Waals surface area contributed by atoms with Crippen LogP contribution >= 0.6 is 0 Å². The first-order valence-electron chi connectivity index (χ1n) is 5.94. The predicted octanol–water partition coefficient (Wildman–Crippen LogP) is 2.93. The molecule has 0 amide bonds. The number of methoxy groups -OCH3 is 1. The zero-order valence-electron chi connectivity index (χ0n) is 11.1. The van der Waals surface area contributed by atoms with Crippen LogP contribution in [-0.4, -0.2) is 24.4 Å². The number of aliphatic hydroxyl groups excluding tert-OH is 1. The van der Waals surface area contributed by atoms with Crippen LogP contribution < -0.4 is 4.74 Å². The lowest BCUT2D eigenvalue weighted by molar-refractivity contribution is -0.0201. The molecular weight excluding hydrogens is 216 g/mol. The van der Waals surface area contributed by atoms with Crippen LogP contribution in [0.1, 0.15) is 38.9 Å². The Kier molecular flexibility index (Phi) is 4.97. The van der Waals surface area contributed by atoms with Crippen molar-refractivity contribution in [1.29, 1.82) is 0 Å². The van der Waals surface area contributed by atoms with Crippen molar-refractivity contribution in [2.24, 2.45) is 0 Å². The normalized spacial score (nSPS) is 13.5. The summed E-state index contributed by atoms with van der Waals surface area (Å²) < 4.78 is 10.7. The minimum atomic E-state index is -0.537. The lowest BCUT2D eigenvalue weighted by atomic mass is 9.96. The Morgan fingerprint density at radius 3 is 2.65 bits per heavy atom. The molecule has 1 aromatic rings. The topological polar surface area (TPSA) is 38.7 Å². The molecule has 3 nitrogen and oxygen atoms in total. The third kappa shape index (κ3) is 4.36. The maximum absolute atomic E-state index is 10.1. The molecule has 0 aliphatic heterocycles. The molecule has 0 saturated heterocycles. The highest BCUT2D eigenvalue weighted by Crippen LogP contribution is 2.27. The average Bonchev–Trinajstić information content (AvgIpc) is 2.29. The summed E-state index contributed by atoms with van der Waals surface area (Å²) in [5.74, 6) is 0.791. The largest absolute Gasteiger partial charge is 0.494 e. The monoisotopic (exact) mass is 238 g/mol. The van der Waals surface area contributed by atoms with Gasteiger partial charge in [-0.25, -0.2) is 0 Å². The van der Waals surface area contributed by atoms with Crippen molar-refractivity contribution in [1.82, 2.24) is 0 Å². The molecule has 0 saturated carbocycles. The van der Waals surface area contributed by atoms with Crippen molar-refractivity contribution in [2.45, 2.75) is 38.9 Å². The number of ether oxygens (including phenoxy) is 2. The fourth-order valence-electron chi connectivity index (χ4n) is 1.65. The van der Waals surface area contributed by atoms with Gasteiger partial charge in [0.15, 0.2) is 0 Å². The van der Waals surface area contributed by atoms with Crippen LogP contribution in [0.3, 0.4) is 0 Å². The van der Waals surface area contributed by atoms with Gasteiger partial charge in [0.2, 0.25) is 0 Å². The van der Waals surface area contributed by atoms with E-state index in [9.17, 15) is 5.11 Å². The summed E-state index contributed by atoms with van der Waals surface area (Å²) in [6, 6.07) is 7.56. The third-order valence-electron chi connectivity index (χ3n) is 2.79. The standard InChI is InChI=1S/C14H22O3/c1-5-17-12-8-6-7-11(9-12)13(15)10-14(2,3)16-4/h6-9,13,15H,5,10H2,1-4H3. The second kappa shape index (κ2) is 6.03. The van der Waals surface area contributed by atoms with Gasteiger partial charge in [0, 0.05) is 13.5 Å². The van der Waals surface area contributed by atoms with Gasteiger partial charge in [0.1, 0.15) is 5.75 Å². The van der Waals surface area contributed by atoms with Gasteiger partial charge < -0.3 is 14.6 Å². The molecule has 1 rings (SSSR count). The molecule has 17 heavy (non-hydrogen) atoms. The number of hydrogen-bond acceptors (Lipinski definition) is 3. The van der Waals surface area contributed by atoms with Gasteiger partial charge in [0.05, 0.1) is 18.3 Å². The summed E-state index contributed by atoms with van der Waals surface area (Å²) in [6.45, 7) is 6.49. The van der Waals surface area contributed by atoms with E-state index in [1.807, 2.05) is 45.0 Å². The van der Waals surface area contributed by atoms with Crippen LogP contribution in [0.15, 0.2) is 24.3 Å². The average molecular weight is 238 g/mol. The van der Waals surface area contributed by atoms with Crippen molar-refractivity contribution in [3.05, 3.63) is 29.8 Å². The Bertz CT molecular complexity index is 347. The van der Waals surface area contributed by atoms with E-state index >= 15 is 0 Å². The van der Waals surface area contributed by atoms with Gasteiger partial charge in [-0.2, -0.15) is 0 Å². The van der Waals surface area contributed by atoms with Crippen LogP contribution in [0.5, 0.6) is 5.75 Å². The van der Waals surface area contributed by atoms with Crippen molar-refractivity contribution in [3.63, 3.8) is 0 Å². The van der Waals surface area contributed by atoms with Crippen LogP contribution in [0, 0.1) is 0 Å².